The topological polar surface area (TPSA) is 133 Å². The maximum atomic E-state index is 12.4. The third kappa shape index (κ3) is 6.93. The average molecular weight is 446 g/mol. The van der Waals surface area contributed by atoms with Crippen LogP contribution in [0.15, 0.2) is 72.9 Å². The summed E-state index contributed by atoms with van der Waals surface area (Å²) in [6.45, 7) is -0.271. The summed E-state index contributed by atoms with van der Waals surface area (Å²) in [5.74, 6) is -0.141. The number of ether oxygens (including phenoxy) is 2. The van der Waals surface area contributed by atoms with E-state index in [0.29, 0.717) is 34.1 Å². The summed E-state index contributed by atoms with van der Waals surface area (Å²) in [5.41, 5.74) is 6.60. The number of pyridine rings is 1. The number of methoxy groups -OCH3 is 1. The second-order valence-electron chi connectivity index (χ2n) is 6.74. The number of rotatable bonds is 9. The lowest BCUT2D eigenvalue weighted by molar-refractivity contribution is -0.120. The molecule has 2 aromatic carbocycles. The molecule has 3 aromatic rings. The third-order valence-electron chi connectivity index (χ3n) is 4.28. The van der Waals surface area contributed by atoms with Crippen LogP contribution in [0.2, 0.25) is 0 Å². The number of carbonyl (C=O) groups excluding carboxylic acids is 3. The number of primary amides is 1. The Kier molecular flexibility index (Phi) is 7.74. The van der Waals surface area contributed by atoms with Gasteiger partial charge in [-0.25, -0.2) is 4.98 Å². The summed E-state index contributed by atoms with van der Waals surface area (Å²) < 4.78 is 10.5. The first-order valence-electron chi connectivity index (χ1n) is 9.85. The maximum Gasteiger partial charge on any atom is 0.256 e. The van der Waals surface area contributed by atoms with E-state index in [1.54, 1.807) is 72.9 Å². The van der Waals surface area contributed by atoms with E-state index >= 15 is 0 Å². The van der Waals surface area contributed by atoms with Gasteiger partial charge >= 0.3 is 0 Å². The molecular formula is C24H22N4O5. The van der Waals surface area contributed by atoms with E-state index in [9.17, 15) is 14.4 Å². The van der Waals surface area contributed by atoms with Crippen LogP contribution in [0, 0.1) is 0 Å². The van der Waals surface area contributed by atoms with Gasteiger partial charge in [-0.1, -0.05) is 18.2 Å². The second kappa shape index (κ2) is 11.1. The van der Waals surface area contributed by atoms with Gasteiger partial charge in [-0.15, -0.1) is 0 Å². The molecule has 0 aliphatic heterocycles. The summed E-state index contributed by atoms with van der Waals surface area (Å²) in [5, 5.41) is 5.41. The van der Waals surface area contributed by atoms with Crippen molar-refractivity contribution in [2.45, 2.75) is 0 Å². The standard InChI is InChI=1S/C24H22N4O5/c1-32-20-13-16(8-10-19(20)33-15-21(25)29)9-11-23(30)27-18-6-4-5-17(14-18)24(31)28-22-7-2-3-12-26-22/h2-14H,15H2,1H3,(H2,25,29)(H,27,30)(H,26,28,31). The number of amides is 3. The van der Waals surface area contributed by atoms with Gasteiger partial charge in [0.15, 0.2) is 18.1 Å². The van der Waals surface area contributed by atoms with Crippen LogP contribution in [0.1, 0.15) is 15.9 Å². The SMILES string of the molecule is COc1cc(C=CC(=O)Nc2cccc(C(=O)Nc3ccccn3)c2)ccc1OCC(N)=O. The van der Waals surface area contributed by atoms with Crippen molar-refractivity contribution < 1.29 is 23.9 Å². The Morgan fingerprint density at radius 1 is 1.00 bits per heavy atom. The Labute approximate surface area is 190 Å². The molecular weight excluding hydrogens is 424 g/mol. The molecule has 0 bridgehead atoms. The molecule has 0 radical (unpaired) electrons. The Morgan fingerprint density at radius 3 is 2.58 bits per heavy atom. The second-order valence-corrected chi connectivity index (χ2v) is 6.74. The quantitative estimate of drug-likeness (QED) is 0.433. The zero-order valence-corrected chi connectivity index (χ0v) is 17.8. The fraction of sp³-hybridized carbons (Fsp3) is 0.0833. The van der Waals surface area contributed by atoms with Crippen molar-refractivity contribution in [1.82, 2.24) is 4.98 Å². The van der Waals surface area contributed by atoms with Gasteiger partial charge in [0, 0.05) is 23.5 Å². The molecule has 9 nitrogen and oxygen atoms in total. The lowest BCUT2D eigenvalue weighted by Gasteiger charge is -2.10. The van der Waals surface area contributed by atoms with Crippen molar-refractivity contribution in [2.24, 2.45) is 5.73 Å². The highest BCUT2D eigenvalue weighted by Gasteiger charge is 2.09. The molecule has 0 saturated heterocycles. The number of nitrogens with zero attached hydrogens (tertiary/aromatic N) is 1. The predicted octanol–water partition coefficient (Wildman–Crippen LogP) is 2.86. The number of nitrogens with one attached hydrogen (secondary N) is 2. The van der Waals surface area contributed by atoms with E-state index in [4.69, 9.17) is 15.2 Å². The Hall–Kier alpha value is -4.66. The number of nitrogens with two attached hydrogens (primary N) is 1. The summed E-state index contributed by atoms with van der Waals surface area (Å²) in [6, 6.07) is 16.7. The molecule has 3 rings (SSSR count). The van der Waals surface area contributed by atoms with Crippen LogP contribution >= 0.6 is 0 Å². The molecule has 168 valence electrons. The number of hydrogen-bond donors (Lipinski definition) is 3. The van der Waals surface area contributed by atoms with Crippen LogP contribution < -0.4 is 25.8 Å². The van der Waals surface area contributed by atoms with Crippen molar-refractivity contribution in [3.05, 3.63) is 84.1 Å². The summed E-state index contributed by atoms with van der Waals surface area (Å²) in [6.07, 6.45) is 4.52. The molecule has 0 saturated carbocycles. The fourth-order valence-corrected chi connectivity index (χ4v) is 2.78. The van der Waals surface area contributed by atoms with E-state index in [1.807, 2.05) is 0 Å². The van der Waals surface area contributed by atoms with Crippen LogP contribution in [0.3, 0.4) is 0 Å². The Bertz CT molecular complexity index is 1180. The van der Waals surface area contributed by atoms with Crippen molar-refractivity contribution in [1.29, 1.82) is 0 Å². The zero-order valence-electron chi connectivity index (χ0n) is 17.8. The Morgan fingerprint density at radius 2 is 1.85 bits per heavy atom. The molecule has 9 heteroatoms. The van der Waals surface area contributed by atoms with E-state index in [1.165, 1.54) is 13.2 Å². The minimum atomic E-state index is -0.601. The van der Waals surface area contributed by atoms with E-state index < -0.39 is 5.91 Å². The van der Waals surface area contributed by atoms with Crippen LogP contribution in [0.25, 0.3) is 6.08 Å². The van der Waals surface area contributed by atoms with Crippen molar-refractivity contribution in [3.63, 3.8) is 0 Å². The van der Waals surface area contributed by atoms with Crippen molar-refractivity contribution >= 4 is 35.3 Å². The third-order valence-corrected chi connectivity index (χ3v) is 4.28. The fourth-order valence-electron chi connectivity index (χ4n) is 2.78. The Balaban J connectivity index is 1.63. The molecule has 0 spiro atoms. The van der Waals surface area contributed by atoms with Gasteiger partial charge in [-0.2, -0.15) is 0 Å². The van der Waals surface area contributed by atoms with Gasteiger partial charge in [0.1, 0.15) is 5.82 Å². The van der Waals surface area contributed by atoms with Crippen LogP contribution in [-0.2, 0) is 9.59 Å². The average Bonchev–Trinajstić information content (AvgIpc) is 2.82. The van der Waals surface area contributed by atoms with Gasteiger partial charge in [0.05, 0.1) is 7.11 Å². The summed E-state index contributed by atoms with van der Waals surface area (Å²) >= 11 is 0. The molecule has 1 aromatic heterocycles. The molecule has 33 heavy (non-hydrogen) atoms. The lowest BCUT2D eigenvalue weighted by atomic mass is 10.1. The van der Waals surface area contributed by atoms with Crippen LogP contribution in [0.5, 0.6) is 11.5 Å². The minimum absolute atomic E-state index is 0.271. The maximum absolute atomic E-state index is 12.4. The van der Waals surface area contributed by atoms with Crippen molar-refractivity contribution in [2.75, 3.05) is 24.4 Å². The number of anilines is 2. The molecule has 0 fully saturated rings. The summed E-state index contributed by atoms with van der Waals surface area (Å²) in [4.78, 5) is 39.7. The van der Waals surface area contributed by atoms with Gasteiger partial charge in [-0.05, 0) is 54.1 Å². The molecule has 4 N–H and O–H groups in total. The number of benzene rings is 2. The van der Waals surface area contributed by atoms with E-state index in [0.717, 1.165) is 0 Å². The van der Waals surface area contributed by atoms with Gasteiger partial charge in [-0.3, -0.25) is 14.4 Å². The van der Waals surface area contributed by atoms with E-state index in [2.05, 4.69) is 15.6 Å². The number of carbonyl (C=O) groups is 3. The predicted molar refractivity (Wildman–Crippen MR) is 124 cm³/mol. The highest BCUT2D eigenvalue weighted by Crippen LogP contribution is 2.28. The first-order valence-corrected chi connectivity index (χ1v) is 9.85. The molecule has 0 aliphatic rings. The van der Waals surface area contributed by atoms with Gasteiger partial charge < -0.3 is 25.8 Å². The zero-order chi connectivity index (χ0) is 23.6. The smallest absolute Gasteiger partial charge is 0.256 e. The lowest BCUT2D eigenvalue weighted by Crippen LogP contribution is -2.20. The normalized spacial score (nSPS) is 10.5. The molecule has 0 unspecified atom stereocenters. The highest BCUT2D eigenvalue weighted by molar-refractivity contribution is 6.06. The van der Waals surface area contributed by atoms with Crippen molar-refractivity contribution in [3.8, 4) is 11.5 Å². The van der Waals surface area contributed by atoms with Gasteiger partial charge in [0.25, 0.3) is 11.8 Å². The monoisotopic (exact) mass is 446 g/mol. The highest BCUT2D eigenvalue weighted by atomic mass is 16.5. The largest absolute Gasteiger partial charge is 0.493 e. The first-order chi connectivity index (χ1) is 15.9. The minimum Gasteiger partial charge on any atom is -0.493 e. The molecule has 1 heterocycles. The molecule has 0 atom stereocenters. The van der Waals surface area contributed by atoms with Gasteiger partial charge in [0.2, 0.25) is 5.91 Å². The first kappa shape index (κ1) is 23.0. The van der Waals surface area contributed by atoms with Crippen LogP contribution in [0.4, 0.5) is 11.5 Å². The molecule has 0 aliphatic carbocycles. The van der Waals surface area contributed by atoms with E-state index in [-0.39, 0.29) is 18.4 Å². The summed E-state index contributed by atoms with van der Waals surface area (Å²) in [7, 11) is 1.46. The van der Waals surface area contributed by atoms with Crippen LogP contribution in [-0.4, -0.2) is 36.4 Å². The number of hydrogen-bond acceptors (Lipinski definition) is 6. The molecule has 3 amide bonds. The number of aromatic nitrogens is 1.